The lowest BCUT2D eigenvalue weighted by molar-refractivity contribution is 0.977. The highest BCUT2D eigenvalue weighted by Gasteiger charge is 2.28. The van der Waals surface area contributed by atoms with Crippen molar-refractivity contribution in [3.8, 4) is 62.4 Å². The van der Waals surface area contributed by atoms with Crippen LogP contribution in [0.3, 0.4) is 0 Å². The lowest BCUT2D eigenvalue weighted by Gasteiger charge is -2.13. The summed E-state index contributed by atoms with van der Waals surface area (Å²) in [5, 5.41) is 1.22. The number of aromatic nitrogens is 4. The Kier molecular flexibility index (Phi) is 7.33. The Morgan fingerprint density at radius 3 is 1.51 bits per heavy atom. The Hall–Kier alpha value is -4.61. The van der Waals surface area contributed by atoms with E-state index in [1.165, 1.54) is 0 Å². The predicted molar refractivity (Wildman–Crippen MR) is 178 cm³/mol. The standard InChI is InChI=1S/C36H23Cl3N4/c37-27-21-28(38)30(29(39)22-27)35-40-33(25-17-9-3-10-18-25)34(26-19-11-4-12-20-26)43(35)36-41-31(23-13-5-1-6-14-23)32(42-36)24-15-7-2-8-16-24/h1-22H,(H,41,42). The van der Waals surface area contributed by atoms with Crippen LogP contribution in [0.15, 0.2) is 133 Å². The minimum atomic E-state index is 0.390. The summed E-state index contributed by atoms with van der Waals surface area (Å²) >= 11 is 20.1. The number of benzene rings is 5. The van der Waals surface area contributed by atoms with Gasteiger partial charge in [0, 0.05) is 27.3 Å². The Morgan fingerprint density at radius 2 is 0.977 bits per heavy atom. The molecule has 0 aliphatic rings. The minimum absolute atomic E-state index is 0.390. The molecule has 2 aromatic heterocycles. The van der Waals surface area contributed by atoms with Crippen molar-refractivity contribution in [1.29, 1.82) is 0 Å². The molecule has 4 nitrogen and oxygen atoms in total. The second-order valence-electron chi connectivity index (χ2n) is 9.96. The van der Waals surface area contributed by atoms with Gasteiger partial charge < -0.3 is 4.98 Å². The highest BCUT2D eigenvalue weighted by molar-refractivity contribution is 6.41. The summed E-state index contributed by atoms with van der Waals surface area (Å²) in [5.74, 6) is 1.11. The van der Waals surface area contributed by atoms with E-state index in [1.807, 2.05) is 89.5 Å². The maximum absolute atomic E-state index is 6.86. The van der Waals surface area contributed by atoms with Crippen molar-refractivity contribution in [2.24, 2.45) is 0 Å². The Balaban J connectivity index is 1.61. The van der Waals surface area contributed by atoms with Crippen LogP contribution in [0.4, 0.5) is 0 Å². The van der Waals surface area contributed by atoms with Crippen LogP contribution in [0.5, 0.6) is 0 Å². The molecule has 0 radical (unpaired) electrons. The van der Waals surface area contributed by atoms with Gasteiger partial charge in [0.25, 0.3) is 0 Å². The van der Waals surface area contributed by atoms with Gasteiger partial charge in [-0.3, -0.25) is 4.57 Å². The molecule has 208 valence electrons. The number of imidazole rings is 2. The van der Waals surface area contributed by atoms with E-state index in [0.29, 0.717) is 32.4 Å². The molecular weight excluding hydrogens is 595 g/mol. The molecule has 0 spiro atoms. The van der Waals surface area contributed by atoms with Gasteiger partial charge in [0.1, 0.15) is 0 Å². The molecule has 0 saturated heterocycles. The first-order valence-corrected chi connectivity index (χ1v) is 14.8. The van der Waals surface area contributed by atoms with Crippen molar-refractivity contribution >= 4 is 34.8 Å². The monoisotopic (exact) mass is 616 g/mol. The molecule has 0 unspecified atom stereocenters. The van der Waals surface area contributed by atoms with Crippen molar-refractivity contribution in [2.75, 3.05) is 0 Å². The number of aromatic amines is 1. The largest absolute Gasteiger partial charge is 0.323 e. The summed E-state index contributed by atoms with van der Waals surface area (Å²) in [7, 11) is 0. The number of nitrogens with zero attached hydrogens (tertiary/aromatic N) is 3. The van der Waals surface area contributed by atoms with Gasteiger partial charge in [-0.05, 0) is 12.1 Å². The zero-order chi connectivity index (χ0) is 29.3. The van der Waals surface area contributed by atoms with E-state index in [2.05, 4.69) is 41.4 Å². The molecule has 0 bridgehead atoms. The van der Waals surface area contributed by atoms with Crippen LogP contribution >= 0.6 is 34.8 Å². The van der Waals surface area contributed by atoms with Gasteiger partial charge in [-0.1, -0.05) is 156 Å². The van der Waals surface area contributed by atoms with Crippen LogP contribution in [0.2, 0.25) is 15.1 Å². The average molecular weight is 618 g/mol. The summed E-state index contributed by atoms with van der Waals surface area (Å²) in [4.78, 5) is 14.1. The lowest BCUT2D eigenvalue weighted by atomic mass is 10.0. The molecule has 2 heterocycles. The van der Waals surface area contributed by atoms with E-state index in [4.69, 9.17) is 44.8 Å². The highest BCUT2D eigenvalue weighted by Crippen LogP contribution is 2.44. The molecule has 7 aromatic rings. The molecule has 7 heteroatoms. The molecule has 5 aromatic carbocycles. The zero-order valence-corrected chi connectivity index (χ0v) is 24.9. The molecule has 0 atom stereocenters. The number of rotatable bonds is 6. The van der Waals surface area contributed by atoms with E-state index >= 15 is 0 Å². The Bertz CT molecular complexity index is 1960. The smallest absolute Gasteiger partial charge is 0.214 e. The first kappa shape index (κ1) is 27.2. The van der Waals surface area contributed by atoms with Gasteiger partial charge in [-0.25, -0.2) is 9.97 Å². The quantitative estimate of drug-likeness (QED) is 0.202. The van der Waals surface area contributed by atoms with E-state index in [9.17, 15) is 0 Å². The van der Waals surface area contributed by atoms with Crippen molar-refractivity contribution in [3.63, 3.8) is 0 Å². The summed E-state index contributed by atoms with van der Waals surface area (Å²) in [6, 6.07) is 43.9. The van der Waals surface area contributed by atoms with Crippen molar-refractivity contribution in [3.05, 3.63) is 149 Å². The Labute approximate surface area is 264 Å². The van der Waals surface area contributed by atoms with Gasteiger partial charge in [0.2, 0.25) is 5.95 Å². The molecule has 1 N–H and O–H groups in total. The summed E-state index contributed by atoms with van der Waals surface area (Å²) in [6.45, 7) is 0. The van der Waals surface area contributed by atoms with Crippen LogP contribution in [0.1, 0.15) is 0 Å². The van der Waals surface area contributed by atoms with Gasteiger partial charge in [0.15, 0.2) is 5.82 Å². The minimum Gasteiger partial charge on any atom is -0.323 e. The summed E-state index contributed by atoms with van der Waals surface area (Å²) < 4.78 is 2.01. The third kappa shape index (κ3) is 5.15. The number of H-pyrrole nitrogens is 1. The second kappa shape index (κ2) is 11.6. The van der Waals surface area contributed by atoms with Crippen molar-refractivity contribution < 1.29 is 0 Å². The van der Waals surface area contributed by atoms with Crippen LogP contribution in [0, 0.1) is 0 Å². The Morgan fingerprint density at radius 1 is 0.512 bits per heavy atom. The highest BCUT2D eigenvalue weighted by atomic mass is 35.5. The number of halogens is 3. The molecule has 7 rings (SSSR count). The fraction of sp³-hybridized carbons (Fsp3) is 0. The van der Waals surface area contributed by atoms with Crippen LogP contribution < -0.4 is 0 Å². The van der Waals surface area contributed by atoms with Gasteiger partial charge in [-0.2, -0.15) is 0 Å². The van der Waals surface area contributed by atoms with E-state index in [-0.39, 0.29) is 0 Å². The maximum atomic E-state index is 6.86. The number of nitrogens with one attached hydrogen (secondary N) is 1. The van der Waals surface area contributed by atoms with Gasteiger partial charge in [-0.15, -0.1) is 0 Å². The van der Waals surface area contributed by atoms with E-state index in [0.717, 1.165) is 45.0 Å². The SMILES string of the molecule is Clc1cc(Cl)c(-c2nc(-c3ccccc3)c(-c3ccccc3)n2-c2nc(-c3ccccc3)c(-c3ccccc3)[nH]2)c(Cl)c1. The molecule has 0 fully saturated rings. The predicted octanol–water partition coefficient (Wildman–Crippen LogP) is 10.9. The van der Waals surface area contributed by atoms with Crippen molar-refractivity contribution in [1.82, 2.24) is 19.5 Å². The van der Waals surface area contributed by atoms with Crippen molar-refractivity contribution in [2.45, 2.75) is 0 Å². The normalized spacial score (nSPS) is 11.1. The second-order valence-corrected chi connectivity index (χ2v) is 11.2. The van der Waals surface area contributed by atoms with Crippen LogP contribution in [-0.4, -0.2) is 19.5 Å². The number of hydrogen-bond donors (Lipinski definition) is 1. The molecule has 0 amide bonds. The maximum Gasteiger partial charge on any atom is 0.214 e. The van der Waals surface area contributed by atoms with E-state index < -0.39 is 0 Å². The zero-order valence-electron chi connectivity index (χ0n) is 22.7. The average Bonchev–Trinajstić information content (AvgIpc) is 3.65. The fourth-order valence-electron chi connectivity index (χ4n) is 5.29. The molecule has 0 saturated carbocycles. The van der Waals surface area contributed by atoms with Crippen LogP contribution in [-0.2, 0) is 0 Å². The van der Waals surface area contributed by atoms with Gasteiger partial charge >= 0.3 is 0 Å². The molecular formula is C36H23Cl3N4. The summed E-state index contributed by atoms with van der Waals surface area (Å²) in [5.41, 5.74) is 7.77. The third-order valence-electron chi connectivity index (χ3n) is 7.22. The first-order valence-electron chi connectivity index (χ1n) is 13.7. The topological polar surface area (TPSA) is 46.5 Å². The molecule has 43 heavy (non-hydrogen) atoms. The van der Waals surface area contributed by atoms with Crippen LogP contribution in [0.25, 0.3) is 62.4 Å². The first-order chi connectivity index (χ1) is 21.1. The number of hydrogen-bond acceptors (Lipinski definition) is 2. The van der Waals surface area contributed by atoms with Gasteiger partial charge in [0.05, 0.1) is 38.4 Å². The fourth-order valence-corrected chi connectivity index (χ4v) is 6.28. The summed E-state index contributed by atoms with van der Waals surface area (Å²) in [6.07, 6.45) is 0. The lowest BCUT2D eigenvalue weighted by Crippen LogP contribution is -2.03. The van der Waals surface area contributed by atoms with E-state index in [1.54, 1.807) is 12.1 Å². The molecule has 0 aliphatic heterocycles. The molecule has 0 aliphatic carbocycles. The third-order valence-corrected chi connectivity index (χ3v) is 8.03.